The molecule has 1 heterocycles. The van der Waals surface area contributed by atoms with Crippen LogP contribution in [0.4, 0.5) is 0 Å². The monoisotopic (exact) mass is 238 g/mol. The van der Waals surface area contributed by atoms with Gasteiger partial charge in [-0.1, -0.05) is 18.2 Å². The van der Waals surface area contributed by atoms with Gasteiger partial charge < -0.3 is 5.73 Å². The maximum atomic E-state index is 6.38. The average molecular weight is 238 g/mol. The molecule has 0 spiro atoms. The number of hydrogen-bond donors (Lipinski definition) is 1. The van der Waals surface area contributed by atoms with Crippen LogP contribution < -0.4 is 5.73 Å². The second-order valence-electron chi connectivity index (χ2n) is 5.09. The van der Waals surface area contributed by atoms with Crippen LogP contribution in [0.15, 0.2) is 36.7 Å². The van der Waals surface area contributed by atoms with Crippen molar-refractivity contribution in [3.05, 3.63) is 64.5 Å². The first-order valence-corrected chi connectivity index (χ1v) is 6.53. The van der Waals surface area contributed by atoms with Gasteiger partial charge in [-0.2, -0.15) is 0 Å². The molecule has 0 radical (unpaired) electrons. The Bertz CT molecular complexity index is 575. The number of pyridine rings is 1. The summed E-state index contributed by atoms with van der Waals surface area (Å²) in [6.45, 7) is 2.07. The molecule has 1 aliphatic carbocycles. The van der Waals surface area contributed by atoms with Crippen molar-refractivity contribution >= 4 is 0 Å². The van der Waals surface area contributed by atoms with Crippen LogP contribution in [-0.4, -0.2) is 4.98 Å². The first-order valence-electron chi connectivity index (χ1n) is 6.53. The molecule has 2 heteroatoms. The summed E-state index contributed by atoms with van der Waals surface area (Å²) in [6, 6.07) is 8.68. The number of aromatic nitrogens is 1. The topological polar surface area (TPSA) is 38.9 Å². The average Bonchev–Trinajstić information content (AvgIpc) is 2.85. The Labute approximate surface area is 108 Å². The summed E-state index contributed by atoms with van der Waals surface area (Å²) in [6.07, 6.45) is 7.39. The van der Waals surface area contributed by atoms with Crippen molar-refractivity contribution in [3.63, 3.8) is 0 Å². The summed E-state index contributed by atoms with van der Waals surface area (Å²) in [5.41, 5.74) is 12.9. The predicted molar refractivity (Wildman–Crippen MR) is 73.5 cm³/mol. The minimum Gasteiger partial charge on any atom is -0.320 e. The maximum Gasteiger partial charge on any atom is 0.0555 e. The van der Waals surface area contributed by atoms with E-state index in [2.05, 4.69) is 30.1 Å². The van der Waals surface area contributed by atoms with Crippen molar-refractivity contribution < 1.29 is 0 Å². The zero-order valence-corrected chi connectivity index (χ0v) is 10.7. The second kappa shape index (κ2) is 4.54. The maximum absolute atomic E-state index is 6.38. The van der Waals surface area contributed by atoms with Gasteiger partial charge in [-0.05, 0) is 60.1 Å². The van der Waals surface area contributed by atoms with E-state index in [4.69, 9.17) is 5.73 Å². The van der Waals surface area contributed by atoms with Crippen molar-refractivity contribution in [2.24, 2.45) is 5.73 Å². The van der Waals surface area contributed by atoms with Crippen molar-refractivity contribution in [1.29, 1.82) is 0 Å². The quantitative estimate of drug-likeness (QED) is 0.873. The lowest BCUT2D eigenvalue weighted by Gasteiger charge is -2.16. The third kappa shape index (κ3) is 1.93. The molecular formula is C16H18N2. The molecule has 1 aromatic carbocycles. The summed E-state index contributed by atoms with van der Waals surface area (Å²) in [7, 11) is 0. The molecule has 1 unspecified atom stereocenters. The minimum atomic E-state index is -0.0427. The van der Waals surface area contributed by atoms with Gasteiger partial charge >= 0.3 is 0 Å². The van der Waals surface area contributed by atoms with E-state index in [0.717, 1.165) is 5.56 Å². The molecule has 1 aliphatic rings. The smallest absolute Gasteiger partial charge is 0.0555 e. The largest absolute Gasteiger partial charge is 0.320 e. The summed E-state index contributed by atoms with van der Waals surface area (Å²) in [5.74, 6) is 0. The first kappa shape index (κ1) is 11.4. The highest BCUT2D eigenvalue weighted by atomic mass is 14.7. The predicted octanol–water partition coefficient (Wildman–Crippen LogP) is 2.93. The van der Waals surface area contributed by atoms with Gasteiger partial charge in [0.25, 0.3) is 0 Å². The van der Waals surface area contributed by atoms with Gasteiger partial charge in [-0.25, -0.2) is 0 Å². The molecule has 0 bridgehead atoms. The van der Waals surface area contributed by atoms with Gasteiger partial charge in [0, 0.05) is 12.4 Å². The van der Waals surface area contributed by atoms with Crippen molar-refractivity contribution in [1.82, 2.24) is 4.98 Å². The van der Waals surface area contributed by atoms with E-state index in [1.165, 1.54) is 41.5 Å². The zero-order valence-electron chi connectivity index (χ0n) is 10.7. The van der Waals surface area contributed by atoms with Gasteiger partial charge in [-0.3, -0.25) is 4.98 Å². The van der Waals surface area contributed by atoms with Crippen LogP contribution >= 0.6 is 0 Å². The van der Waals surface area contributed by atoms with E-state index < -0.39 is 0 Å². The highest BCUT2D eigenvalue weighted by Gasteiger charge is 2.15. The van der Waals surface area contributed by atoms with E-state index in [1.54, 1.807) is 0 Å². The van der Waals surface area contributed by atoms with Crippen LogP contribution in [0.5, 0.6) is 0 Å². The van der Waals surface area contributed by atoms with Crippen LogP contribution in [-0.2, 0) is 12.8 Å². The Morgan fingerprint density at radius 3 is 2.83 bits per heavy atom. The lowest BCUT2D eigenvalue weighted by atomic mass is 9.95. The first-order chi connectivity index (χ1) is 8.75. The van der Waals surface area contributed by atoms with E-state index >= 15 is 0 Å². The van der Waals surface area contributed by atoms with E-state index in [0.29, 0.717) is 0 Å². The standard InChI is InChI=1S/C16H18N2/c1-11-10-18-8-7-15(11)16(17)14-6-5-12-3-2-4-13(12)9-14/h5-10,16H,2-4,17H2,1H3. The third-order valence-electron chi connectivity index (χ3n) is 3.88. The van der Waals surface area contributed by atoms with Gasteiger partial charge in [0.15, 0.2) is 0 Å². The van der Waals surface area contributed by atoms with Gasteiger partial charge in [0.05, 0.1) is 6.04 Å². The minimum absolute atomic E-state index is 0.0427. The number of hydrogen-bond acceptors (Lipinski definition) is 2. The molecule has 2 aromatic rings. The number of nitrogens with two attached hydrogens (primary N) is 1. The summed E-state index contributed by atoms with van der Waals surface area (Å²) >= 11 is 0. The number of fused-ring (bicyclic) bond motifs is 1. The highest BCUT2D eigenvalue weighted by molar-refractivity contribution is 5.41. The van der Waals surface area contributed by atoms with E-state index in [-0.39, 0.29) is 6.04 Å². The lowest BCUT2D eigenvalue weighted by Crippen LogP contribution is -2.13. The third-order valence-corrected chi connectivity index (χ3v) is 3.88. The van der Waals surface area contributed by atoms with Crippen LogP contribution in [0.1, 0.15) is 40.3 Å². The molecule has 0 amide bonds. The fourth-order valence-corrected chi connectivity index (χ4v) is 2.80. The molecule has 2 nitrogen and oxygen atoms in total. The van der Waals surface area contributed by atoms with Crippen molar-refractivity contribution in [2.45, 2.75) is 32.2 Å². The fourth-order valence-electron chi connectivity index (χ4n) is 2.80. The number of nitrogens with zero attached hydrogens (tertiary/aromatic N) is 1. The van der Waals surface area contributed by atoms with Gasteiger partial charge in [0.2, 0.25) is 0 Å². The lowest BCUT2D eigenvalue weighted by molar-refractivity contribution is 0.853. The zero-order chi connectivity index (χ0) is 12.5. The summed E-state index contributed by atoms with van der Waals surface area (Å²) in [5, 5.41) is 0. The molecule has 0 aliphatic heterocycles. The molecule has 1 aromatic heterocycles. The van der Waals surface area contributed by atoms with E-state index in [9.17, 15) is 0 Å². The second-order valence-corrected chi connectivity index (χ2v) is 5.09. The van der Waals surface area contributed by atoms with Crippen LogP contribution in [0.25, 0.3) is 0 Å². The number of rotatable bonds is 2. The molecule has 92 valence electrons. The summed E-state index contributed by atoms with van der Waals surface area (Å²) in [4.78, 5) is 4.12. The van der Waals surface area contributed by atoms with Crippen LogP contribution in [0.2, 0.25) is 0 Å². The molecule has 1 atom stereocenters. The van der Waals surface area contributed by atoms with Gasteiger partial charge in [-0.15, -0.1) is 0 Å². The van der Waals surface area contributed by atoms with Crippen molar-refractivity contribution in [3.8, 4) is 0 Å². The molecule has 18 heavy (non-hydrogen) atoms. The Morgan fingerprint density at radius 1 is 1.17 bits per heavy atom. The van der Waals surface area contributed by atoms with Crippen LogP contribution in [0, 0.1) is 6.92 Å². The normalized spacial score (nSPS) is 15.4. The Morgan fingerprint density at radius 2 is 2.00 bits per heavy atom. The van der Waals surface area contributed by atoms with E-state index in [1.807, 2.05) is 18.5 Å². The highest BCUT2D eigenvalue weighted by Crippen LogP contribution is 2.28. The Kier molecular flexibility index (Phi) is 2.88. The molecule has 2 N–H and O–H groups in total. The molecule has 3 rings (SSSR count). The van der Waals surface area contributed by atoms with Crippen molar-refractivity contribution in [2.75, 3.05) is 0 Å². The Balaban J connectivity index is 1.98. The molecule has 0 saturated heterocycles. The Hall–Kier alpha value is -1.67. The van der Waals surface area contributed by atoms with Gasteiger partial charge in [0.1, 0.15) is 0 Å². The molecule has 0 fully saturated rings. The molecule has 0 saturated carbocycles. The molecular weight excluding hydrogens is 220 g/mol. The number of aryl methyl sites for hydroxylation is 3. The van der Waals surface area contributed by atoms with Crippen LogP contribution in [0.3, 0.4) is 0 Å². The SMILES string of the molecule is Cc1cnccc1C(N)c1ccc2c(c1)CCC2. The summed E-state index contributed by atoms with van der Waals surface area (Å²) < 4.78 is 0. The number of benzene rings is 1. The fraction of sp³-hybridized carbons (Fsp3) is 0.312.